The molecule has 1 unspecified atom stereocenters. The molecule has 0 radical (unpaired) electrons. The van der Waals surface area contributed by atoms with Crippen LogP contribution < -0.4 is 20.5 Å². The van der Waals surface area contributed by atoms with Crippen LogP contribution in [0.2, 0.25) is 0 Å². The molecule has 4 aromatic rings. The Hall–Kier alpha value is -4.05. The molecule has 2 aromatic carbocycles. The van der Waals surface area contributed by atoms with Gasteiger partial charge in [-0.2, -0.15) is 5.10 Å². The number of aromatic nitrogens is 3. The van der Waals surface area contributed by atoms with E-state index in [0.29, 0.717) is 10.9 Å². The number of benzene rings is 2. The lowest BCUT2D eigenvalue weighted by Crippen LogP contribution is -2.37. The average molecular weight is 490 g/mol. The van der Waals surface area contributed by atoms with Gasteiger partial charge in [-0.05, 0) is 49.2 Å². The van der Waals surface area contributed by atoms with Gasteiger partial charge in [0.1, 0.15) is 11.4 Å². The molecule has 1 atom stereocenters. The molecule has 0 bridgehead atoms. The molecule has 3 heterocycles. The molecule has 1 N–H and O–H groups in total. The number of para-hydroxylation sites is 1. The molecule has 0 aliphatic carbocycles. The average Bonchev–Trinajstić information content (AvgIpc) is 3.41. The number of hydrogen-bond donors (Lipinski definition) is 1. The Bertz CT molecular complexity index is 1490. The van der Waals surface area contributed by atoms with Crippen LogP contribution in [0.15, 0.2) is 59.4 Å². The molecule has 5 rings (SSSR count). The van der Waals surface area contributed by atoms with Gasteiger partial charge in [0.2, 0.25) is 5.91 Å². The van der Waals surface area contributed by atoms with Crippen LogP contribution in [-0.2, 0) is 17.8 Å². The third-order valence-corrected chi connectivity index (χ3v) is 6.84. The molecule has 0 spiro atoms. The number of fused-ring (bicyclic) bond motifs is 2. The number of carbonyl (C=O) groups is 2. The molecular weight excluding hydrogens is 466 g/mol. The zero-order valence-electron chi connectivity index (χ0n) is 19.2. The molecule has 1 aliphatic heterocycles. The maximum atomic E-state index is 13.2. The third kappa shape index (κ3) is 4.52. The molecule has 2 amide bonds. The molecule has 10 heteroatoms. The van der Waals surface area contributed by atoms with Crippen molar-refractivity contribution in [1.82, 2.24) is 14.8 Å². The number of thiazole rings is 1. The minimum atomic E-state index is -0.378. The first-order valence-electron chi connectivity index (χ1n) is 11.2. The number of rotatable bonds is 6. The van der Waals surface area contributed by atoms with E-state index in [-0.39, 0.29) is 42.1 Å². The summed E-state index contributed by atoms with van der Waals surface area (Å²) < 4.78 is 7.26. The van der Waals surface area contributed by atoms with Gasteiger partial charge >= 0.3 is 0 Å². The largest absolute Gasteiger partial charge is 0.497 e. The summed E-state index contributed by atoms with van der Waals surface area (Å²) in [6.45, 7) is 2.02. The number of anilines is 2. The van der Waals surface area contributed by atoms with E-state index in [4.69, 9.17) is 4.74 Å². The molecule has 178 valence electrons. The van der Waals surface area contributed by atoms with Gasteiger partial charge in [0, 0.05) is 24.2 Å². The van der Waals surface area contributed by atoms with Crippen LogP contribution in [0.3, 0.4) is 0 Å². The van der Waals surface area contributed by atoms with E-state index in [2.05, 4.69) is 15.4 Å². The minimum Gasteiger partial charge on any atom is -0.497 e. The van der Waals surface area contributed by atoms with Crippen LogP contribution in [0.25, 0.3) is 10.2 Å². The lowest BCUT2D eigenvalue weighted by Gasteiger charge is -2.22. The summed E-state index contributed by atoms with van der Waals surface area (Å²) in [7, 11) is 1.59. The zero-order chi connectivity index (χ0) is 24.5. The predicted molar refractivity (Wildman–Crippen MR) is 134 cm³/mol. The summed E-state index contributed by atoms with van der Waals surface area (Å²) in [4.78, 5) is 44.2. The maximum absolute atomic E-state index is 13.2. The van der Waals surface area contributed by atoms with Crippen molar-refractivity contribution in [3.8, 4) is 5.75 Å². The monoisotopic (exact) mass is 489 g/mol. The Balaban J connectivity index is 1.28. The highest BCUT2D eigenvalue weighted by Crippen LogP contribution is 2.33. The second kappa shape index (κ2) is 9.30. The first kappa shape index (κ1) is 22.7. The minimum absolute atomic E-state index is 0.00669. The topological polar surface area (TPSA) is 106 Å². The smallest absolute Gasteiger partial charge is 0.278 e. The van der Waals surface area contributed by atoms with E-state index < -0.39 is 0 Å². The van der Waals surface area contributed by atoms with Gasteiger partial charge in [-0.15, -0.1) is 0 Å². The number of carbonyl (C=O) groups excluding carboxylic acids is 2. The summed E-state index contributed by atoms with van der Waals surface area (Å²) in [6.07, 6.45) is 0.771. The molecule has 35 heavy (non-hydrogen) atoms. The van der Waals surface area contributed by atoms with E-state index in [0.717, 1.165) is 32.6 Å². The van der Waals surface area contributed by atoms with Crippen LogP contribution >= 0.6 is 11.3 Å². The van der Waals surface area contributed by atoms with E-state index in [1.165, 1.54) is 23.5 Å². The highest BCUT2D eigenvalue weighted by Gasteiger charge is 2.32. The van der Waals surface area contributed by atoms with Crippen molar-refractivity contribution in [3.05, 3.63) is 76.2 Å². The Kier molecular flexibility index (Phi) is 6.04. The first-order chi connectivity index (χ1) is 16.9. The Labute approximate surface area is 205 Å². The lowest BCUT2D eigenvalue weighted by atomic mass is 10.1. The second-order valence-electron chi connectivity index (χ2n) is 8.29. The summed E-state index contributed by atoms with van der Waals surface area (Å²) in [5.74, 6) is 0.139. The van der Waals surface area contributed by atoms with Crippen molar-refractivity contribution in [2.45, 2.75) is 32.4 Å². The van der Waals surface area contributed by atoms with Crippen LogP contribution in [0.1, 0.15) is 29.4 Å². The fourth-order valence-corrected chi connectivity index (χ4v) is 5.11. The number of hydrogen-bond acceptors (Lipinski definition) is 7. The van der Waals surface area contributed by atoms with Gasteiger partial charge in [-0.25, -0.2) is 9.67 Å². The van der Waals surface area contributed by atoms with E-state index >= 15 is 0 Å². The van der Waals surface area contributed by atoms with Crippen LogP contribution in [-0.4, -0.2) is 39.7 Å². The van der Waals surface area contributed by atoms with Gasteiger partial charge in [0.05, 0.1) is 23.9 Å². The van der Waals surface area contributed by atoms with E-state index in [1.807, 2.05) is 49.4 Å². The Morgan fingerprint density at radius 3 is 2.83 bits per heavy atom. The first-order valence-corrected chi connectivity index (χ1v) is 12.0. The summed E-state index contributed by atoms with van der Waals surface area (Å²) in [6, 6.07) is 16.0. The number of nitrogens with zero attached hydrogens (tertiary/aromatic N) is 4. The number of methoxy groups -OCH3 is 1. The highest BCUT2D eigenvalue weighted by molar-refractivity contribution is 7.22. The lowest BCUT2D eigenvalue weighted by molar-refractivity contribution is -0.116. The second-order valence-corrected chi connectivity index (χ2v) is 9.32. The van der Waals surface area contributed by atoms with Gasteiger partial charge in [-0.1, -0.05) is 29.5 Å². The van der Waals surface area contributed by atoms with Crippen molar-refractivity contribution in [2.75, 3.05) is 17.3 Å². The van der Waals surface area contributed by atoms with Crippen molar-refractivity contribution >= 4 is 44.2 Å². The molecule has 1 aliphatic rings. The standard InChI is InChI=1S/C25H23N5O4S/c1-15-13-16-5-3-4-6-20(16)30(15)24(33)19-9-10-23(32)29(28-19)12-11-22(31)27-25-26-18-8-7-17(34-2)14-21(18)35-25/h3-10,14-15H,11-13H2,1-2H3,(H,26,27,31). The SMILES string of the molecule is COc1ccc2nc(NC(=O)CCn3nc(C(=O)N4c5ccccc5CC4C)ccc3=O)sc2c1. The number of aryl methyl sites for hydroxylation is 1. The van der Waals surface area contributed by atoms with E-state index in [1.54, 1.807) is 12.0 Å². The number of ether oxygens (including phenoxy) is 1. The zero-order valence-corrected chi connectivity index (χ0v) is 20.0. The van der Waals surface area contributed by atoms with Gasteiger partial charge in [-0.3, -0.25) is 14.4 Å². The van der Waals surface area contributed by atoms with E-state index in [9.17, 15) is 14.4 Å². The van der Waals surface area contributed by atoms with Gasteiger partial charge < -0.3 is 15.0 Å². The van der Waals surface area contributed by atoms with Crippen molar-refractivity contribution < 1.29 is 14.3 Å². The number of amides is 2. The van der Waals surface area contributed by atoms with Crippen molar-refractivity contribution in [2.24, 2.45) is 0 Å². The van der Waals surface area contributed by atoms with Gasteiger partial charge in [0.25, 0.3) is 11.5 Å². The molecule has 0 fully saturated rings. The fraction of sp³-hybridized carbons (Fsp3) is 0.240. The fourth-order valence-electron chi connectivity index (χ4n) is 4.20. The molecule has 0 saturated heterocycles. The quantitative estimate of drug-likeness (QED) is 0.444. The molecule has 0 saturated carbocycles. The van der Waals surface area contributed by atoms with Gasteiger partial charge in [0.15, 0.2) is 5.13 Å². The Morgan fingerprint density at radius 1 is 1.17 bits per heavy atom. The predicted octanol–water partition coefficient (Wildman–Crippen LogP) is 3.48. The summed E-state index contributed by atoms with van der Waals surface area (Å²) in [5, 5.41) is 7.49. The number of nitrogens with one attached hydrogen (secondary N) is 1. The molecular formula is C25H23N5O4S. The highest BCUT2D eigenvalue weighted by atomic mass is 32.1. The normalized spacial score (nSPS) is 14.7. The maximum Gasteiger partial charge on any atom is 0.278 e. The summed E-state index contributed by atoms with van der Waals surface area (Å²) in [5.41, 5.74) is 2.50. The van der Waals surface area contributed by atoms with Crippen LogP contribution in [0.5, 0.6) is 5.75 Å². The Morgan fingerprint density at radius 2 is 2.00 bits per heavy atom. The third-order valence-electron chi connectivity index (χ3n) is 5.90. The molecule has 2 aromatic heterocycles. The van der Waals surface area contributed by atoms with Crippen molar-refractivity contribution in [3.63, 3.8) is 0 Å². The van der Waals surface area contributed by atoms with Crippen molar-refractivity contribution in [1.29, 1.82) is 0 Å². The van der Waals surface area contributed by atoms with Crippen LogP contribution in [0, 0.1) is 0 Å². The summed E-state index contributed by atoms with van der Waals surface area (Å²) >= 11 is 1.34. The van der Waals surface area contributed by atoms with Crippen LogP contribution in [0.4, 0.5) is 10.8 Å². The molecule has 9 nitrogen and oxygen atoms in total.